The summed E-state index contributed by atoms with van der Waals surface area (Å²) in [4.78, 5) is 16.2. The highest BCUT2D eigenvalue weighted by Gasteiger charge is 2.44. The standard InChI is InChI=1S/C24H28F3N3O3S/c1-28(2)19-8-6-17(7-9-19)23(31)29-14-12-21(13-15-29)30(20-10-11-20)34(32,33)22-5-3-4-18(16-22)24(25,26)27/h3-9,16,20-21H,10-15H2,1-2H3. The molecule has 0 atom stereocenters. The molecule has 1 aliphatic carbocycles. The van der Waals surface area contributed by atoms with Gasteiger partial charge in [0.05, 0.1) is 10.5 Å². The third-order valence-corrected chi connectivity index (χ3v) is 8.39. The average molecular weight is 496 g/mol. The maximum Gasteiger partial charge on any atom is 0.416 e. The number of sulfonamides is 1. The predicted molar refractivity (Wildman–Crippen MR) is 123 cm³/mol. The minimum atomic E-state index is -4.62. The lowest BCUT2D eigenvalue weighted by Gasteiger charge is -2.38. The molecule has 1 saturated carbocycles. The number of benzene rings is 2. The van der Waals surface area contributed by atoms with Crippen molar-refractivity contribution < 1.29 is 26.4 Å². The summed E-state index contributed by atoms with van der Waals surface area (Å²) in [6.45, 7) is 0.778. The fourth-order valence-electron chi connectivity index (χ4n) is 4.38. The summed E-state index contributed by atoms with van der Waals surface area (Å²) in [5.41, 5.74) is 0.569. The van der Waals surface area contributed by atoms with E-state index in [1.165, 1.54) is 10.4 Å². The lowest BCUT2D eigenvalue weighted by atomic mass is 10.0. The summed E-state index contributed by atoms with van der Waals surface area (Å²) >= 11 is 0. The topological polar surface area (TPSA) is 60.9 Å². The van der Waals surface area contributed by atoms with Gasteiger partial charge in [-0.3, -0.25) is 4.79 Å². The van der Waals surface area contributed by atoms with Crippen LogP contribution in [0.2, 0.25) is 0 Å². The van der Waals surface area contributed by atoms with Crippen molar-refractivity contribution in [3.63, 3.8) is 0 Å². The van der Waals surface area contributed by atoms with Crippen molar-refractivity contribution in [3.8, 4) is 0 Å². The largest absolute Gasteiger partial charge is 0.416 e. The Balaban J connectivity index is 1.48. The van der Waals surface area contributed by atoms with Crippen LogP contribution in [-0.4, -0.2) is 62.8 Å². The average Bonchev–Trinajstić information content (AvgIpc) is 3.63. The molecule has 0 spiro atoms. The van der Waals surface area contributed by atoms with Crippen LogP contribution in [0.25, 0.3) is 0 Å². The minimum absolute atomic E-state index is 0.109. The number of piperidine rings is 1. The Morgan fingerprint density at radius 2 is 1.53 bits per heavy atom. The van der Waals surface area contributed by atoms with Gasteiger partial charge in [-0.15, -0.1) is 0 Å². The zero-order chi connectivity index (χ0) is 24.7. The number of likely N-dealkylation sites (tertiary alicyclic amines) is 1. The molecule has 0 N–H and O–H groups in total. The van der Waals surface area contributed by atoms with Gasteiger partial charge in [-0.25, -0.2) is 8.42 Å². The van der Waals surface area contributed by atoms with Crippen molar-refractivity contribution in [2.45, 2.75) is 48.8 Å². The second kappa shape index (κ2) is 9.22. The van der Waals surface area contributed by atoms with Crippen LogP contribution in [0, 0.1) is 0 Å². The number of carbonyl (C=O) groups is 1. The van der Waals surface area contributed by atoms with Gasteiger partial charge in [-0.1, -0.05) is 6.07 Å². The summed E-state index contributed by atoms with van der Waals surface area (Å²) in [7, 11) is -0.263. The molecule has 0 bridgehead atoms. The highest BCUT2D eigenvalue weighted by molar-refractivity contribution is 7.89. The zero-order valence-electron chi connectivity index (χ0n) is 19.1. The summed E-state index contributed by atoms with van der Waals surface area (Å²) < 4.78 is 67.6. The molecule has 6 nitrogen and oxygen atoms in total. The quantitative estimate of drug-likeness (QED) is 0.602. The van der Waals surface area contributed by atoms with Crippen LogP contribution in [-0.2, 0) is 16.2 Å². The third kappa shape index (κ3) is 5.07. The van der Waals surface area contributed by atoms with E-state index in [2.05, 4.69) is 0 Å². The predicted octanol–water partition coefficient (Wildman–Crippen LogP) is 4.23. The van der Waals surface area contributed by atoms with Crippen LogP contribution in [0.3, 0.4) is 0 Å². The smallest absolute Gasteiger partial charge is 0.378 e. The Kier molecular flexibility index (Phi) is 6.65. The van der Waals surface area contributed by atoms with Gasteiger partial charge in [-0.05, 0) is 68.1 Å². The Labute approximate surface area is 198 Å². The van der Waals surface area contributed by atoms with Gasteiger partial charge in [0, 0.05) is 50.5 Å². The molecule has 184 valence electrons. The summed E-state index contributed by atoms with van der Waals surface area (Å²) in [6.07, 6.45) is -2.36. The lowest BCUT2D eigenvalue weighted by molar-refractivity contribution is -0.137. The first-order valence-corrected chi connectivity index (χ1v) is 12.7. The molecule has 2 fully saturated rings. The Morgan fingerprint density at radius 1 is 0.941 bits per heavy atom. The minimum Gasteiger partial charge on any atom is -0.378 e. The molecule has 0 aromatic heterocycles. The van der Waals surface area contributed by atoms with E-state index in [0.717, 1.165) is 17.8 Å². The van der Waals surface area contributed by atoms with Crippen LogP contribution in [0.15, 0.2) is 53.4 Å². The number of nitrogens with zero attached hydrogens (tertiary/aromatic N) is 3. The van der Waals surface area contributed by atoms with Gasteiger partial charge in [0.25, 0.3) is 5.91 Å². The molecule has 2 aliphatic rings. The monoisotopic (exact) mass is 495 g/mol. The maximum atomic E-state index is 13.4. The van der Waals surface area contributed by atoms with Gasteiger partial charge >= 0.3 is 6.18 Å². The first-order chi connectivity index (χ1) is 16.0. The van der Waals surface area contributed by atoms with Crippen LogP contribution < -0.4 is 4.90 Å². The van der Waals surface area contributed by atoms with E-state index in [9.17, 15) is 26.4 Å². The third-order valence-electron chi connectivity index (χ3n) is 6.39. The van der Waals surface area contributed by atoms with Crippen molar-refractivity contribution in [2.75, 3.05) is 32.1 Å². The molecule has 10 heteroatoms. The molecular weight excluding hydrogens is 467 g/mol. The van der Waals surface area contributed by atoms with Gasteiger partial charge in [0.15, 0.2) is 0 Å². The molecule has 2 aromatic carbocycles. The fraction of sp³-hybridized carbons (Fsp3) is 0.458. The number of hydrogen-bond donors (Lipinski definition) is 0. The van der Waals surface area contributed by atoms with Crippen LogP contribution in [0.5, 0.6) is 0 Å². The normalized spacial score (nSPS) is 17.8. The second-order valence-corrected chi connectivity index (χ2v) is 10.9. The van der Waals surface area contributed by atoms with E-state index in [4.69, 9.17) is 0 Å². The molecule has 4 rings (SSSR count). The van der Waals surface area contributed by atoms with Crippen LogP contribution >= 0.6 is 0 Å². The number of rotatable bonds is 6. The highest BCUT2D eigenvalue weighted by atomic mass is 32.2. The molecule has 2 aromatic rings. The Bertz CT molecular complexity index is 1140. The van der Waals surface area contributed by atoms with Crippen molar-refractivity contribution in [1.82, 2.24) is 9.21 Å². The SMILES string of the molecule is CN(C)c1ccc(C(=O)N2CCC(N(C3CC3)S(=O)(=O)c3cccc(C(F)(F)F)c3)CC2)cc1. The van der Waals surface area contributed by atoms with Crippen molar-refractivity contribution in [1.29, 1.82) is 0 Å². The van der Waals surface area contributed by atoms with Crippen LogP contribution in [0.1, 0.15) is 41.6 Å². The van der Waals surface area contributed by atoms with Gasteiger partial charge in [-0.2, -0.15) is 17.5 Å². The number of anilines is 1. The highest BCUT2D eigenvalue weighted by Crippen LogP contribution is 2.38. The molecule has 34 heavy (non-hydrogen) atoms. The van der Waals surface area contributed by atoms with Crippen molar-refractivity contribution >= 4 is 21.6 Å². The van der Waals surface area contributed by atoms with E-state index in [1.54, 1.807) is 17.0 Å². The summed E-state index contributed by atoms with van der Waals surface area (Å²) in [6, 6.07) is 10.7. The van der Waals surface area contributed by atoms with Crippen molar-refractivity contribution in [2.24, 2.45) is 0 Å². The number of hydrogen-bond acceptors (Lipinski definition) is 4. The first kappa shape index (κ1) is 24.5. The first-order valence-electron chi connectivity index (χ1n) is 11.3. The van der Waals surface area contributed by atoms with E-state index in [1.807, 2.05) is 31.1 Å². The fourth-order valence-corrected chi connectivity index (χ4v) is 6.36. The lowest BCUT2D eigenvalue weighted by Crippen LogP contribution is -2.49. The number of alkyl halides is 3. The molecule has 0 unspecified atom stereocenters. The Hall–Kier alpha value is -2.59. The molecular formula is C24H28F3N3O3S. The Morgan fingerprint density at radius 3 is 2.06 bits per heavy atom. The summed E-state index contributed by atoms with van der Waals surface area (Å²) in [5.74, 6) is -0.109. The molecule has 1 aliphatic heterocycles. The number of halogens is 3. The van der Waals surface area contributed by atoms with Gasteiger partial charge in [0.2, 0.25) is 10.0 Å². The second-order valence-electron chi connectivity index (χ2n) is 9.06. The van der Waals surface area contributed by atoms with E-state index in [-0.39, 0.29) is 22.9 Å². The van der Waals surface area contributed by atoms with Crippen molar-refractivity contribution in [3.05, 3.63) is 59.7 Å². The molecule has 0 radical (unpaired) electrons. The maximum absolute atomic E-state index is 13.4. The van der Waals surface area contributed by atoms with E-state index >= 15 is 0 Å². The molecule has 1 saturated heterocycles. The molecule has 1 heterocycles. The van der Waals surface area contributed by atoms with Gasteiger partial charge < -0.3 is 9.80 Å². The van der Waals surface area contributed by atoms with Gasteiger partial charge in [0.1, 0.15) is 0 Å². The van der Waals surface area contributed by atoms with E-state index in [0.29, 0.717) is 50.4 Å². The number of carbonyl (C=O) groups excluding carboxylic acids is 1. The summed E-state index contributed by atoms with van der Waals surface area (Å²) in [5, 5.41) is 0. The zero-order valence-corrected chi connectivity index (χ0v) is 19.9. The van der Waals surface area contributed by atoms with E-state index < -0.39 is 21.8 Å². The molecule has 1 amide bonds. The number of amides is 1. The van der Waals surface area contributed by atoms with Crippen LogP contribution in [0.4, 0.5) is 18.9 Å².